The Hall–Kier alpha value is -1.51. The Balaban J connectivity index is 1.88. The van der Waals surface area contributed by atoms with Crippen LogP contribution in [0.2, 0.25) is 5.02 Å². The minimum Gasteiger partial charge on any atom is -0.493 e. The summed E-state index contributed by atoms with van der Waals surface area (Å²) in [6, 6.07) is 15.9. The Kier molecular flexibility index (Phi) is 5.45. The zero-order valence-corrected chi connectivity index (χ0v) is 12.4. The van der Waals surface area contributed by atoms with E-state index in [9.17, 15) is 0 Å². The standard InChI is InChI=1S/C17H20ClNO/c1-13(19)16-12-15(18)9-10-17(16)20-11-5-8-14-6-3-2-4-7-14/h2-4,6-7,9-10,12-13H,5,8,11,19H2,1H3. The van der Waals surface area contributed by atoms with Crippen LogP contribution in [0, 0.1) is 0 Å². The van der Waals surface area contributed by atoms with Crippen LogP contribution in [0.3, 0.4) is 0 Å². The lowest BCUT2D eigenvalue weighted by Gasteiger charge is -2.14. The molecule has 3 heteroatoms. The summed E-state index contributed by atoms with van der Waals surface area (Å²) in [5.41, 5.74) is 8.23. The van der Waals surface area contributed by atoms with Gasteiger partial charge in [0.05, 0.1) is 6.61 Å². The van der Waals surface area contributed by atoms with Gasteiger partial charge in [-0.1, -0.05) is 41.9 Å². The Morgan fingerprint density at radius 3 is 2.60 bits per heavy atom. The summed E-state index contributed by atoms with van der Waals surface area (Å²) in [5.74, 6) is 0.831. The van der Waals surface area contributed by atoms with Gasteiger partial charge in [0.15, 0.2) is 0 Å². The largest absolute Gasteiger partial charge is 0.493 e. The van der Waals surface area contributed by atoms with E-state index >= 15 is 0 Å². The van der Waals surface area contributed by atoms with Gasteiger partial charge in [0.1, 0.15) is 5.75 Å². The normalized spacial score (nSPS) is 12.2. The van der Waals surface area contributed by atoms with Crippen LogP contribution < -0.4 is 10.5 Å². The van der Waals surface area contributed by atoms with Crippen molar-refractivity contribution >= 4 is 11.6 Å². The van der Waals surface area contributed by atoms with Gasteiger partial charge in [0, 0.05) is 16.6 Å². The van der Waals surface area contributed by atoms with E-state index in [1.54, 1.807) is 0 Å². The molecule has 2 N–H and O–H groups in total. The van der Waals surface area contributed by atoms with Crippen molar-refractivity contribution in [2.24, 2.45) is 5.73 Å². The molecule has 0 heterocycles. The maximum Gasteiger partial charge on any atom is 0.124 e. The molecule has 0 amide bonds. The molecule has 2 aromatic rings. The lowest BCUT2D eigenvalue weighted by Crippen LogP contribution is -2.09. The van der Waals surface area contributed by atoms with Gasteiger partial charge in [-0.25, -0.2) is 0 Å². The number of benzene rings is 2. The number of hydrogen-bond acceptors (Lipinski definition) is 2. The highest BCUT2D eigenvalue weighted by atomic mass is 35.5. The van der Waals surface area contributed by atoms with E-state index in [2.05, 4.69) is 24.3 Å². The molecule has 0 radical (unpaired) electrons. The van der Waals surface area contributed by atoms with E-state index in [1.165, 1.54) is 5.56 Å². The Morgan fingerprint density at radius 2 is 1.90 bits per heavy atom. The van der Waals surface area contributed by atoms with Gasteiger partial charge in [-0.05, 0) is 43.5 Å². The van der Waals surface area contributed by atoms with E-state index in [0.717, 1.165) is 24.2 Å². The van der Waals surface area contributed by atoms with Crippen molar-refractivity contribution in [2.45, 2.75) is 25.8 Å². The van der Waals surface area contributed by atoms with Crippen molar-refractivity contribution in [3.05, 3.63) is 64.7 Å². The fourth-order valence-electron chi connectivity index (χ4n) is 2.11. The second kappa shape index (κ2) is 7.32. The molecule has 0 spiro atoms. The van der Waals surface area contributed by atoms with E-state index < -0.39 is 0 Å². The topological polar surface area (TPSA) is 35.2 Å². The first-order chi connectivity index (χ1) is 9.66. The second-order valence-corrected chi connectivity index (χ2v) is 5.34. The smallest absolute Gasteiger partial charge is 0.124 e. The van der Waals surface area contributed by atoms with Crippen molar-refractivity contribution in [2.75, 3.05) is 6.61 Å². The average molecular weight is 290 g/mol. The van der Waals surface area contributed by atoms with Gasteiger partial charge in [-0.15, -0.1) is 0 Å². The van der Waals surface area contributed by atoms with Crippen LogP contribution in [0.15, 0.2) is 48.5 Å². The first kappa shape index (κ1) is 14.9. The number of aryl methyl sites for hydroxylation is 1. The summed E-state index contributed by atoms with van der Waals surface area (Å²) in [6.07, 6.45) is 1.99. The molecule has 106 valence electrons. The summed E-state index contributed by atoms with van der Waals surface area (Å²) >= 11 is 5.99. The fraction of sp³-hybridized carbons (Fsp3) is 0.294. The molecule has 1 unspecified atom stereocenters. The van der Waals surface area contributed by atoms with Crippen LogP contribution in [-0.4, -0.2) is 6.61 Å². The lowest BCUT2D eigenvalue weighted by molar-refractivity contribution is 0.306. The van der Waals surface area contributed by atoms with Crippen LogP contribution in [0.25, 0.3) is 0 Å². The van der Waals surface area contributed by atoms with Gasteiger partial charge in [0.2, 0.25) is 0 Å². The fourth-order valence-corrected chi connectivity index (χ4v) is 2.29. The van der Waals surface area contributed by atoms with Crippen LogP contribution in [0.4, 0.5) is 0 Å². The van der Waals surface area contributed by atoms with Crippen LogP contribution in [0.5, 0.6) is 5.75 Å². The van der Waals surface area contributed by atoms with E-state index in [1.807, 2.05) is 31.2 Å². The lowest BCUT2D eigenvalue weighted by atomic mass is 10.1. The molecule has 20 heavy (non-hydrogen) atoms. The first-order valence-electron chi connectivity index (χ1n) is 6.88. The molecule has 0 saturated carbocycles. The monoisotopic (exact) mass is 289 g/mol. The van der Waals surface area contributed by atoms with Gasteiger partial charge in [-0.2, -0.15) is 0 Å². The Morgan fingerprint density at radius 1 is 1.15 bits per heavy atom. The molecule has 0 aliphatic carbocycles. The third-order valence-electron chi connectivity index (χ3n) is 3.17. The molecule has 0 fully saturated rings. The number of hydrogen-bond donors (Lipinski definition) is 1. The zero-order valence-electron chi connectivity index (χ0n) is 11.7. The Labute approximate surface area is 125 Å². The number of halogens is 1. The van der Waals surface area contributed by atoms with Gasteiger partial charge < -0.3 is 10.5 Å². The van der Waals surface area contributed by atoms with Crippen LogP contribution in [-0.2, 0) is 6.42 Å². The number of ether oxygens (including phenoxy) is 1. The summed E-state index contributed by atoms with van der Waals surface area (Å²) in [6.45, 7) is 2.61. The SMILES string of the molecule is CC(N)c1cc(Cl)ccc1OCCCc1ccccc1. The molecule has 0 saturated heterocycles. The van der Waals surface area contributed by atoms with Crippen molar-refractivity contribution in [3.63, 3.8) is 0 Å². The second-order valence-electron chi connectivity index (χ2n) is 4.91. The van der Waals surface area contributed by atoms with Crippen molar-refractivity contribution in [3.8, 4) is 5.75 Å². The van der Waals surface area contributed by atoms with Crippen LogP contribution >= 0.6 is 11.6 Å². The van der Waals surface area contributed by atoms with E-state index in [4.69, 9.17) is 22.1 Å². The van der Waals surface area contributed by atoms with Gasteiger partial charge in [-0.3, -0.25) is 0 Å². The highest BCUT2D eigenvalue weighted by molar-refractivity contribution is 6.30. The molecule has 2 aromatic carbocycles. The Bertz CT molecular complexity index is 540. The summed E-state index contributed by atoms with van der Waals surface area (Å²) < 4.78 is 5.84. The molecule has 0 aliphatic rings. The van der Waals surface area contributed by atoms with Gasteiger partial charge >= 0.3 is 0 Å². The van der Waals surface area contributed by atoms with Crippen molar-refractivity contribution in [1.29, 1.82) is 0 Å². The van der Waals surface area contributed by atoms with Crippen molar-refractivity contribution < 1.29 is 4.74 Å². The number of rotatable bonds is 6. The first-order valence-corrected chi connectivity index (χ1v) is 7.26. The zero-order chi connectivity index (χ0) is 14.4. The number of nitrogens with two attached hydrogens (primary N) is 1. The highest BCUT2D eigenvalue weighted by Gasteiger charge is 2.08. The molecule has 0 aromatic heterocycles. The van der Waals surface area contributed by atoms with Crippen LogP contribution in [0.1, 0.15) is 30.5 Å². The molecule has 0 bridgehead atoms. The highest BCUT2D eigenvalue weighted by Crippen LogP contribution is 2.27. The average Bonchev–Trinajstić information content (AvgIpc) is 2.45. The predicted molar refractivity (Wildman–Crippen MR) is 84.3 cm³/mol. The molecular weight excluding hydrogens is 270 g/mol. The quantitative estimate of drug-likeness (QED) is 0.801. The maximum atomic E-state index is 5.99. The summed E-state index contributed by atoms with van der Waals surface area (Å²) in [7, 11) is 0. The third-order valence-corrected chi connectivity index (χ3v) is 3.41. The molecule has 2 rings (SSSR count). The molecular formula is C17H20ClNO. The van der Waals surface area contributed by atoms with E-state index in [0.29, 0.717) is 11.6 Å². The molecule has 2 nitrogen and oxygen atoms in total. The predicted octanol–water partition coefficient (Wildman–Crippen LogP) is 4.37. The maximum absolute atomic E-state index is 5.99. The van der Waals surface area contributed by atoms with Crippen molar-refractivity contribution in [1.82, 2.24) is 0 Å². The molecule has 0 aliphatic heterocycles. The molecule has 1 atom stereocenters. The summed E-state index contributed by atoms with van der Waals surface area (Å²) in [5, 5.41) is 0.689. The van der Waals surface area contributed by atoms with Gasteiger partial charge in [0.25, 0.3) is 0 Å². The van der Waals surface area contributed by atoms with E-state index in [-0.39, 0.29) is 6.04 Å². The third kappa shape index (κ3) is 4.26. The minimum absolute atomic E-state index is 0.0853. The minimum atomic E-state index is -0.0853. The summed E-state index contributed by atoms with van der Waals surface area (Å²) in [4.78, 5) is 0.